The summed E-state index contributed by atoms with van der Waals surface area (Å²) in [7, 11) is 1.84. The maximum atomic E-state index is 13.0. The largest absolute Gasteiger partial charge is 0.337 e. The molecule has 0 atom stereocenters. The molecule has 0 spiro atoms. The Balaban J connectivity index is 1.64. The molecule has 5 heteroatoms. The van der Waals surface area contributed by atoms with Crippen molar-refractivity contribution >= 4 is 5.91 Å². The first-order chi connectivity index (χ1) is 10.5. The van der Waals surface area contributed by atoms with Gasteiger partial charge in [0.1, 0.15) is 5.82 Å². The number of aryl methyl sites for hydroxylation is 2. The summed E-state index contributed by atoms with van der Waals surface area (Å²) in [6.45, 7) is 3.37. The Kier molecular flexibility index (Phi) is 3.96. The van der Waals surface area contributed by atoms with E-state index in [2.05, 4.69) is 5.10 Å². The lowest BCUT2D eigenvalue weighted by Gasteiger charge is -2.31. The first-order valence-electron chi connectivity index (χ1n) is 7.60. The molecule has 2 aromatic rings. The molecule has 0 aliphatic carbocycles. The van der Waals surface area contributed by atoms with Crippen LogP contribution in [0.3, 0.4) is 0 Å². The van der Waals surface area contributed by atoms with E-state index in [1.807, 2.05) is 37.1 Å². The van der Waals surface area contributed by atoms with Crippen LogP contribution >= 0.6 is 0 Å². The fraction of sp³-hybridized carbons (Fsp3) is 0.412. The van der Waals surface area contributed by atoms with Crippen LogP contribution in [0, 0.1) is 12.7 Å². The average Bonchev–Trinajstić information content (AvgIpc) is 2.87. The van der Waals surface area contributed by atoms with Gasteiger partial charge in [-0.25, -0.2) is 4.39 Å². The molecule has 1 saturated heterocycles. The molecule has 22 heavy (non-hydrogen) atoms. The maximum absolute atomic E-state index is 13.0. The van der Waals surface area contributed by atoms with E-state index in [0.717, 1.165) is 37.2 Å². The SMILES string of the molecule is Cc1cc(C(=O)N2CCC(c3ccc(F)cc3)CC2)nn1C. The lowest BCUT2D eigenvalue weighted by molar-refractivity contribution is 0.0706. The Bertz CT molecular complexity index is 650. The van der Waals surface area contributed by atoms with Gasteiger partial charge in [0.05, 0.1) is 0 Å². The Hall–Kier alpha value is -2.17. The minimum Gasteiger partial charge on any atom is -0.337 e. The highest BCUT2D eigenvalue weighted by Gasteiger charge is 2.26. The van der Waals surface area contributed by atoms with Gasteiger partial charge in [-0.15, -0.1) is 0 Å². The third kappa shape index (κ3) is 2.89. The van der Waals surface area contributed by atoms with Gasteiger partial charge in [0, 0.05) is 25.8 Å². The molecule has 1 fully saturated rings. The summed E-state index contributed by atoms with van der Waals surface area (Å²) < 4.78 is 14.7. The smallest absolute Gasteiger partial charge is 0.274 e. The van der Waals surface area contributed by atoms with Crippen LogP contribution in [-0.2, 0) is 7.05 Å². The van der Waals surface area contributed by atoms with Crippen molar-refractivity contribution in [2.45, 2.75) is 25.7 Å². The van der Waals surface area contributed by atoms with Crippen LogP contribution in [0.15, 0.2) is 30.3 Å². The standard InChI is InChI=1S/C17H20FN3O/c1-12-11-16(19-20(12)2)17(22)21-9-7-14(8-10-21)13-3-5-15(18)6-4-13/h3-6,11,14H,7-10H2,1-2H3. The highest BCUT2D eigenvalue weighted by atomic mass is 19.1. The van der Waals surface area contributed by atoms with E-state index < -0.39 is 0 Å². The second-order valence-electron chi connectivity index (χ2n) is 5.91. The van der Waals surface area contributed by atoms with Crippen molar-refractivity contribution < 1.29 is 9.18 Å². The van der Waals surface area contributed by atoms with Crippen molar-refractivity contribution in [3.8, 4) is 0 Å². The van der Waals surface area contributed by atoms with E-state index >= 15 is 0 Å². The fourth-order valence-corrected chi connectivity index (χ4v) is 2.98. The molecular weight excluding hydrogens is 281 g/mol. The summed E-state index contributed by atoms with van der Waals surface area (Å²) in [5.41, 5.74) is 2.65. The number of hydrogen-bond acceptors (Lipinski definition) is 2. The number of piperidine rings is 1. The quantitative estimate of drug-likeness (QED) is 0.855. The third-order valence-electron chi connectivity index (χ3n) is 4.46. The molecule has 1 aliphatic heterocycles. The van der Waals surface area contributed by atoms with Crippen molar-refractivity contribution in [2.75, 3.05) is 13.1 Å². The van der Waals surface area contributed by atoms with Crippen molar-refractivity contribution in [1.82, 2.24) is 14.7 Å². The second kappa shape index (κ2) is 5.91. The lowest BCUT2D eigenvalue weighted by atomic mass is 9.89. The summed E-state index contributed by atoms with van der Waals surface area (Å²) in [6.07, 6.45) is 1.81. The van der Waals surface area contributed by atoms with Crippen LogP contribution < -0.4 is 0 Å². The summed E-state index contributed by atoms with van der Waals surface area (Å²) >= 11 is 0. The van der Waals surface area contributed by atoms with Crippen molar-refractivity contribution in [1.29, 1.82) is 0 Å². The third-order valence-corrected chi connectivity index (χ3v) is 4.46. The molecule has 0 unspecified atom stereocenters. The van der Waals surface area contributed by atoms with Gasteiger partial charge in [-0.3, -0.25) is 9.48 Å². The van der Waals surface area contributed by atoms with Crippen LogP contribution in [-0.4, -0.2) is 33.7 Å². The van der Waals surface area contributed by atoms with E-state index in [1.165, 1.54) is 12.1 Å². The molecule has 0 N–H and O–H groups in total. The fourth-order valence-electron chi connectivity index (χ4n) is 2.98. The highest BCUT2D eigenvalue weighted by molar-refractivity contribution is 5.92. The number of carbonyl (C=O) groups excluding carboxylic acids is 1. The molecule has 1 aliphatic rings. The Morgan fingerprint density at radius 1 is 1.23 bits per heavy atom. The lowest BCUT2D eigenvalue weighted by Crippen LogP contribution is -2.38. The molecule has 1 amide bonds. The molecule has 2 heterocycles. The number of rotatable bonds is 2. The van der Waals surface area contributed by atoms with E-state index in [9.17, 15) is 9.18 Å². The van der Waals surface area contributed by atoms with Crippen LogP contribution in [0.25, 0.3) is 0 Å². The summed E-state index contributed by atoms with van der Waals surface area (Å²) in [6, 6.07) is 8.53. The summed E-state index contributed by atoms with van der Waals surface area (Å²) in [5.74, 6) is 0.193. The van der Waals surface area contributed by atoms with Gasteiger partial charge in [-0.1, -0.05) is 12.1 Å². The van der Waals surface area contributed by atoms with Crippen LogP contribution in [0.1, 0.15) is 40.5 Å². The van der Waals surface area contributed by atoms with E-state index in [-0.39, 0.29) is 11.7 Å². The normalized spacial score (nSPS) is 16.0. The predicted molar refractivity (Wildman–Crippen MR) is 82.2 cm³/mol. The monoisotopic (exact) mass is 301 g/mol. The van der Waals surface area contributed by atoms with Gasteiger partial charge in [-0.2, -0.15) is 5.10 Å². The van der Waals surface area contributed by atoms with E-state index in [4.69, 9.17) is 0 Å². The number of benzene rings is 1. The van der Waals surface area contributed by atoms with Gasteiger partial charge in [0.2, 0.25) is 0 Å². The molecule has 0 saturated carbocycles. The van der Waals surface area contributed by atoms with Gasteiger partial charge in [0.25, 0.3) is 5.91 Å². The zero-order chi connectivity index (χ0) is 15.7. The Morgan fingerprint density at radius 2 is 1.86 bits per heavy atom. The number of aromatic nitrogens is 2. The molecule has 116 valence electrons. The zero-order valence-electron chi connectivity index (χ0n) is 12.9. The number of hydrogen-bond donors (Lipinski definition) is 0. The number of carbonyl (C=O) groups is 1. The minimum absolute atomic E-state index is 0.00116. The Morgan fingerprint density at radius 3 is 2.41 bits per heavy atom. The molecule has 0 radical (unpaired) electrons. The Labute approximate surface area is 129 Å². The number of amides is 1. The maximum Gasteiger partial charge on any atom is 0.274 e. The first kappa shape index (κ1) is 14.8. The summed E-state index contributed by atoms with van der Waals surface area (Å²) in [5, 5.41) is 4.26. The van der Waals surface area contributed by atoms with Crippen LogP contribution in [0.5, 0.6) is 0 Å². The van der Waals surface area contributed by atoms with Crippen molar-refractivity contribution in [2.24, 2.45) is 7.05 Å². The highest BCUT2D eigenvalue weighted by Crippen LogP contribution is 2.28. The number of nitrogens with zero attached hydrogens (tertiary/aromatic N) is 3. The number of halogens is 1. The van der Waals surface area contributed by atoms with E-state index in [1.54, 1.807) is 4.68 Å². The molecule has 0 bridgehead atoms. The van der Waals surface area contributed by atoms with Crippen LogP contribution in [0.4, 0.5) is 4.39 Å². The summed E-state index contributed by atoms with van der Waals surface area (Å²) in [4.78, 5) is 14.3. The molecule has 3 rings (SSSR count). The number of likely N-dealkylation sites (tertiary alicyclic amines) is 1. The molecular formula is C17H20FN3O. The van der Waals surface area contributed by atoms with Gasteiger partial charge in [0.15, 0.2) is 5.69 Å². The average molecular weight is 301 g/mol. The predicted octanol–water partition coefficient (Wildman–Crippen LogP) is 2.89. The van der Waals surface area contributed by atoms with E-state index in [0.29, 0.717) is 11.6 Å². The molecule has 1 aromatic carbocycles. The van der Waals surface area contributed by atoms with Crippen molar-refractivity contribution in [3.63, 3.8) is 0 Å². The first-order valence-corrected chi connectivity index (χ1v) is 7.60. The van der Waals surface area contributed by atoms with Crippen LogP contribution in [0.2, 0.25) is 0 Å². The van der Waals surface area contributed by atoms with Crippen molar-refractivity contribution in [3.05, 3.63) is 53.1 Å². The topological polar surface area (TPSA) is 38.1 Å². The van der Waals surface area contributed by atoms with Gasteiger partial charge in [-0.05, 0) is 49.4 Å². The van der Waals surface area contributed by atoms with Gasteiger partial charge < -0.3 is 4.90 Å². The molecule has 4 nitrogen and oxygen atoms in total. The molecule has 1 aromatic heterocycles. The zero-order valence-corrected chi connectivity index (χ0v) is 12.9. The van der Waals surface area contributed by atoms with Gasteiger partial charge >= 0.3 is 0 Å². The minimum atomic E-state index is -0.207. The second-order valence-corrected chi connectivity index (χ2v) is 5.91.